The number of carboxylic acid groups (broad SMARTS) is 1. The summed E-state index contributed by atoms with van der Waals surface area (Å²) in [5.74, 6) is 0.341. The van der Waals surface area contributed by atoms with E-state index < -0.39 is 16.0 Å². The van der Waals surface area contributed by atoms with Crippen molar-refractivity contribution in [3.05, 3.63) is 30.3 Å². The van der Waals surface area contributed by atoms with Crippen LogP contribution < -0.4 is 9.46 Å². The maximum Gasteiger partial charge on any atom is 0.317 e. The van der Waals surface area contributed by atoms with Crippen molar-refractivity contribution in [1.29, 1.82) is 0 Å². The van der Waals surface area contributed by atoms with Gasteiger partial charge in [0.25, 0.3) is 0 Å². The van der Waals surface area contributed by atoms with Gasteiger partial charge in [-0.25, -0.2) is 13.1 Å². The van der Waals surface area contributed by atoms with Gasteiger partial charge in [-0.05, 0) is 43.7 Å². The highest BCUT2D eigenvalue weighted by Crippen LogP contribution is 2.33. The molecule has 7 nitrogen and oxygen atoms in total. The first-order chi connectivity index (χ1) is 12.4. The van der Waals surface area contributed by atoms with Crippen molar-refractivity contribution < 1.29 is 23.1 Å². The quantitative estimate of drug-likeness (QED) is 0.599. The second kappa shape index (κ2) is 8.37. The van der Waals surface area contributed by atoms with Gasteiger partial charge < -0.3 is 9.84 Å². The van der Waals surface area contributed by atoms with E-state index >= 15 is 0 Å². The number of hydrogen-bond donors (Lipinski definition) is 2. The van der Waals surface area contributed by atoms with Gasteiger partial charge in [-0.2, -0.15) is 0 Å². The lowest BCUT2D eigenvalue weighted by atomic mass is 9.86. The molecule has 2 fully saturated rings. The third-order valence-electron chi connectivity index (χ3n) is 4.87. The lowest BCUT2D eigenvalue weighted by molar-refractivity contribution is -0.139. The Labute approximate surface area is 154 Å². The first-order valence-corrected chi connectivity index (χ1v) is 10.7. The summed E-state index contributed by atoms with van der Waals surface area (Å²) in [5.41, 5.74) is 0. The van der Waals surface area contributed by atoms with Crippen LogP contribution in [0.4, 0.5) is 0 Å². The van der Waals surface area contributed by atoms with Crippen LogP contribution in [0.2, 0.25) is 0 Å². The number of aliphatic carboxylic acids is 1. The molecule has 2 N–H and O–H groups in total. The zero-order valence-electron chi connectivity index (χ0n) is 14.7. The van der Waals surface area contributed by atoms with Gasteiger partial charge in [0.05, 0.1) is 12.3 Å². The molecule has 1 aromatic carbocycles. The Kier molecular flexibility index (Phi) is 6.16. The van der Waals surface area contributed by atoms with Gasteiger partial charge in [0, 0.05) is 18.6 Å². The number of carbonyl (C=O) groups is 1. The Morgan fingerprint density at radius 3 is 2.54 bits per heavy atom. The van der Waals surface area contributed by atoms with Crippen LogP contribution in [-0.4, -0.2) is 61.9 Å². The minimum atomic E-state index is -3.40. The monoisotopic (exact) mass is 382 g/mol. The Morgan fingerprint density at radius 2 is 1.92 bits per heavy atom. The molecular formula is C18H26N2O5S. The number of carboxylic acids is 1. The van der Waals surface area contributed by atoms with Crippen molar-refractivity contribution in [2.24, 2.45) is 5.92 Å². The molecule has 2 aliphatic carbocycles. The lowest BCUT2D eigenvalue weighted by Gasteiger charge is -2.42. The summed E-state index contributed by atoms with van der Waals surface area (Å²) < 4.78 is 32.5. The molecule has 0 atom stereocenters. The average Bonchev–Trinajstić information content (AvgIpc) is 3.34. The van der Waals surface area contributed by atoms with Crippen LogP contribution in [0.1, 0.15) is 25.7 Å². The molecule has 8 heteroatoms. The van der Waals surface area contributed by atoms with E-state index in [9.17, 15) is 13.2 Å². The molecule has 0 aliphatic heterocycles. The second-order valence-electron chi connectivity index (χ2n) is 7.19. The average molecular weight is 382 g/mol. The number of hydrogen-bond acceptors (Lipinski definition) is 5. The number of rotatable bonds is 11. The predicted molar refractivity (Wildman–Crippen MR) is 97.6 cm³/mol. The van der Waals surface area contributed by atoms with Gasteiger partial charge in [0.1, 0.15) is 12.4 Å². The number of nitrogens with one attached hydrogen (secondary N) is 1. The second-order valence-corrected chi connectivity index (χ2v) is 9.06. The van der Waals surface area contributed by atoms with Crippen LogP contribution in [-0.2, 0) is 14.8 Å². The third kappa shape index (κ3) is 5.96. The first kappa shape index (κ1) is 19.1. The van der Waals surface area contributed by atoms with Crippen LogP contribution >= 0.6 is 0 Å². The van der Waals surface area contributed by atoms with Gasteiger partial charge in [-0.3, -0.25) is 9.69 Å². The Morgan fingerprint density at radius 1 is 1.23 bits per heavy atom. The molecule has 0 bridgehead atoms. The van der Waals surface area contributed by atoms with Crippen LogP contribution in [0, 0.1) is 5.92 Å². The van der Waals surface area contributed by atoms with E-state index in [4.69, 9.17) is 9.84 Å². The van der Waals surface area contributed by atoms with Gasteiger partial charge in [0.15, 0.2) is 0 Å². The molecule has 0 aromatic heterocycles. The molecule has 0 heterocycles. The highest BCUT2D eigenvalue weighted by molar-refractivity contribution is 7.89. The van der Waals surface area contributed by atoms with Gasteiger partial charge in [-0.1, -0.05) is 18.2 Å². The first-order valence-electron chi connectivity index (χ1n) is 9.05. The molecule has 0 radical (unpaired) electrons. The van der Waals surface area contributed by atoms with Crippen molar-refractivity contribution in [2.45, 2.75) is 37.8 Å². The normalized spacial score (nSPS) is 22.8. The van der Waals surface area contributed by atoms with Crippen LogP contribution in [0.5, 0.6) is 5.75 Å². The van der Waals surface area contributed by atoms with E-state index in [1.807, 2.05) is 23.1 Å². The largest absolute Gasteiger partial charge is 0.492 e. The SMILES string of the molecule is O=C(O)CN(CC1CC1)C1CC(NS(=O)(=O)CCOc2ccccc2)C1. The predicted octanol–water partition coefficient (Wildman–Crippen LogP) is 1.31. The van der Waals surface area contributed by atoms with E-state index in [0.29, 0.717) is 24.5 Å². The Balaban J connectivity index is 1.39. The number of para-hydroxylation sites is 1. The molecule has 3 rings (SSSR count). The molecule has 144 valence electrons. The zero-order chi connectivity index (χ0) is 18.6. The minimum absolute atomic E-state index is 0.0333. The molecule has 0 spiro atoms. The Hall–Kier alpha value is -1.64. The third-order valence-corrected chi connectivity index (χ3v) is 6.26. The van der Waals surface area contributed by atoms with E-state index in [1.54, 1.807) is 12.1 Å². The number of sulfonamides is 1. The molecular weight excluding hydrogens is 356 g/mol. The smallest absolute Gasteiger partial charge is 0.317 e. The fourth-order valence-electron chi connectivity index (χ4n) is 3.23. The van der Waals surface area contributed by atoms with Gasteiger partial charge >= 0.3 is 5.97 Å². The molecule has 2 saturated carbocycles. The molecule has 0 unspecified atom stereocenters. The molecule has 2 aliphatic rings. The lowest BCUT2D eigenvalue weighted by Crippen LogP contribution is -2.55. The maximum absolute atomic E-state index is 12.2. The molecule has 1 aromatic rings. The van der Waals surface area contributed by atoms with E-state index in [1.165, 1.54) is 12.8 Å². The molecule has 26 heavy (non-hydrogen) atoms. The van der Waals surface area contributed by atoms with Gasteiger partial charge in [-0.15, -0.1) is 0 Å². The summed E-state index contributed by atoms with van der Waals surface area (Å²) in [4.78, 5) is 13.0. The fraction of sp³-hybridized carbons (Fsp3) is 0.611. The fourth-order valence-corrected chi connectivity index (χ4v) is 4.35. The van der Waals surface area contributed by atoms with Crippen molar-refractivity contribution in [3.63, 3.8) is 0 Å². The van der Waals surface area contributed by atoms with E-state index in [0.717, 1.165) is 6.54 Å². The zero-order valence-corrected chi connectivity index (χ0v) is 15.5. The summed E-state index contributed by atoms with van der Waals surface area (Å²) in [6, 6.07) is 9.15. The number of nitrogens with zero attached hydrogens (tertiary/aromatic N) is 1. The molecule has 0 saturated heterocycles. The summed E-state index contributed by atoms with van der Waals surface area (Å²) in [6.45, 7) is 0.940. The summed E-state index contributed by atoms with van der Waals surface area (Å²) in [5, 5.41) is 9.06. The van der Waals surface area contributed by atoms with E-state index in [-0.39, 0.29) is 31.0 Å². The van der Waals surface area contributed by atoms with Crippen LogP contribution in [0.15, 0.2) is 30.3 Å². The minimum Gasteiger partial charge on any atom is -0.492 e. The molecule has 0 amide bonds. The van der Waals surface area contributed by atoms with Gasteiger partial charge in [0.2, 0.25) is 10.0 Å². The highest BCUT2D eigenvalue weighted by atomic mass is 32.2. The summed E-state index contributed by atoms with van der Waals surface area (Å²) in [6.07, 6.45) is 3.66. The maximum atomic E-state index is 12.2. The summed E-state index contributed by atoms with van der Waals surface area (Å²) in [7, 11) is -3.40. The number of benzene rings is 1. The van der Waals surface area contributed by atoms with Crippen LogP contribution in [0.3, 0.4) is 0 Å². The Bertz CT molecular complexity index is 700. The van der Waals surface area contributed by atoms with Crippen molar-refractivity contribution >= 4 is 16.0 Å². The topological polar surface area (TPSA) is 95.9 Å². The highest BCUT2D eigenvalue weighted by Gasteiger charge is 2.38. The number of ether oxygens (including phenoxy) is 1. The van der Waals surface area contributed by atoms with Crippen LogP contribution in [0.25, 0.3) is 0 Å². The summed E-state index contributed by atoms with van der Waals surface area (Å²) >= 11 is 0. The standard InChI is InChI=1S/C18H26N2O5S/c21-18(22)13-20(12-14-6-7-14)16-10-15(11-16)19-26(23,24)9-8-25-17-4-2-1-3-5-17/h1-5,14-16,19H,6-13H2,(H,21,22). The van der Waals surface area contributed by atoms with Crippen molar-refractivity contribution in [1.82, 2.24) is 9.62 Å². The van der Waals surface area contributed by atoms with Crippen molar-refractivity contribution in [2.75, 3.05) is 25.4 Å². The van der Waals surface area contributed by atoms with Crippen molar-refractivity contribution in [3.8, 4) is 5.75 Å². The van der Waals surface area contributed by atoms with E-state index in [2.05, 4.69) is 4.72 Å².